The number of nitrogens with zero attached hydrogens (tertiary/aromatic N) is 4. The molecule has 0 atom stereocenters. The average molecular weight is 240 g/mol. The average Bonchev–Trinajstić information content (AvgIpc) is 2.71. The summed E-state index contributed by atoms with van der Waals surface area (Å²) in [6.07, 6.45) is 3.29. The number of benzene rings is 1. The summed E-state index contributed by atoms with van der Waals surface area (Å²) in [6.45, 7) is 0.477. The molecule has 0 aliphatic rings. The van der Waals surface area contributed by atoms with Crippen LogP contribution >= 0.6 is 0 Å². The van der Waals surface area contributed by atoms with E-state index in [-0.39, 0.29) is 5.69 Å². The second-order valence-electron chi connectivity index (χ2n) is 4.21. The summed E-state index contributed by atoms with van der Waals surface area (Å²) in [5.74, 6) is 0. The predicted octanol–water partition coefficient (Wildman–Crippen LogP) is 1.18. The molecule has 0 spiro atoms. The molecule has 3 aromatic rings. The van der Waals surface area contributed by atoms with E-state index in [4.69, 9.17) is 0 Å². The monoisotopic (exact) mass is 240 g/mol. The van der Waals surface area contributed by atoms with E-state index in [1.54, 1.807) is 13.2 Å². The molecule has 1 aromatic carbocycles. The molecule has 0 aliphatic heterocycles. The number of hydrogen-bond acceptors (Lipinski definition) is 3. The standard InChI is InChI=1S/C13H12N4O/c1-16-9-15-17(13(16)18)8-10-4-5-12-11(7-10)3-2-6-14-12/h2-7,9H,8H2,1H3. The molecule has 3 rings (SSSR count). The number of hydrogen-bond donors (Lipinski definition) is 0. The Bertz CT molecular complexity index is 757. The summed E-state index contributed by atoms with van der Waals surface area (Å²) in [4.78, 5) is 16.0. The van der Waals surface area contributed by atoms with E-state index in [1.165, 1.54) is 15.6 Å². The molecular weight excluding hydrogens is 228 g/mol. The van der Waals surface area contributed by atoms with Crippen molar-refractivity contribution in [2.45, 2.75) is 6.54 Å². The van der Waals surface area contributed by atoms with Gasteiger partial charge in [0.1, 0.15) is 6.33 Å². The van der Waals surface area contributed by atoms with Crippen molar-refractivity contribution in [2.24, 2.45) is 7.05 Å². The maximum atomic E-state index is 11.7. The van der Waals surface area contributed by atoms with Gasteiger partial charge in [-0.15, -0.1) is 0 Å². The number of rotatable bonds is 2. The Morgan fingerprint density at radius 1 is 1.28 bits per heavy atom. The molecular formula is C13H12N4O. The van der Waals surface area contributed by atoms with E-state index < -0.39 is 0 Å². The summed E-state index contributed by atoms with van der Waals surface area (Å²) in [5.41, 5.74) is 1.88. The molecule has 0 saturated carbocycles. The second-order valence-corrected chi connectivity index (χ2v) is 4.21. The van der Waals surface area contributed by atoms with Crippen molar-refractivity contribution in [3.63, 3.8) is 0 Å². The third kappa shape index (κ3) is 1.79. The zero-order valence-electron chi connectivity index (χ0n) is 9.95. The summed E-state index contributed by atoms with van der Waals surface area (Å²) >= 11 is 0. The number of pyridine rings is 1. The van der Waals surface area contributed by atoms with Crippen molar-refractivity contribution in [3.8, 4) is 0 Å². The first kappa shape index (κ1) is 10.7. The Hall–Kier alpha value is -2.43. The minimum absolute atomic E-state index is 0.110. The highest BCUT2D eigenvalue weighted by molar-refractivity contribution is 5.78. The minimum atomic E-state index is -0.110. The maximum Gasteiger partial charge on any atom is 0.345 e. The fourth-order valence-corrected chi connectivity index (χ4v) is 1.93. The molecule has 0 unspecified atom stereocenters. The molecule has 2 heterocycles. The van der Waals surface area contributed by atoms with Crippen LogP contribution in [-0.2, 0) is 13.6 Å². The molecule has 0 N–H and O–H groups in total. The second kappa shape index (κ2) is 4.10. The largest absolute Gasteiger partial charge is 0.345 e. The van der Waals surface area contributed by atoms with Crippen molar-refractivity contribution in [2.75, 3.05) is 0 Å². The summed E-state index contributed by atoms with van der Waals surface area (Å²) in [7, 11) is 1.69. The molecule has 0 bridgehead atoms. The van der Waals surface area contributed by atoms with Gasteiger partial charge in [0.15, 0.2) is 0 Å². The normalized spacial score (nSPS) is 10.9. The van der Waals surface area contributed by atoms with Gasteiger partial charge in [-0.2, -0.15) is 5.10 Å². The van der Waals surface area contributed by atoms with Gasteiger partial charge in [0.2, 0.25) is 0 Å². The third-order valence-electron chi connectivity index (χ3n) is 2.89. The van der Waals surface area contributed by atoms with E-state index in [9.17, 15) is 4.79 Å². The summed E-state index contributed by atoms with van der Waals surface area (Å²) in [5, 5.41) is 5.11. The smallest absolute Gasteiger partial charge is 0.285 e. The van der Waals surface area contributed by atoms with Crippen LogP contribution in [-0.4, -0.2) is 19.3 Å². The van der Waals surface area contributed by atoms with Gasteiger partial charge in [0.05, 0.1) is 12.1 Å². The lowest BCUT2D eigenvalue weighted by atomic mass is 10.1. The van der Waals surface area contributed by atoms with Crippen LogP contribution in [0.3, 0.4) is 0 Å². The fraction of sp³-hybridized carbons (Fsp3) is 0.154. The maximum absolute atomic E-state index is 11.7. The molecule has 90 valence electrons. The van der Waals surface area contributed by atoms with Gasteiger partial charge in [0.25, 0.3) is 0 Å². The Balaban J connectivity index is 2.00. The lowest BCUT2D eigenvalue weighted by Gasteiger charge is -2.02. The van der Waals surface area contributed by atoms with Gasteiger partial charge >= 0.3 is 5.69 Å². The summed E-state index contributed by atoms with van der Waals surface area (Å²) in [6, 6.07) is 9.87. The van der Waals surface area contributed by atoms with Gasteiger partial charge in [-0.1, -0.05) is 12.1 Å². The lowest BCUT2D eigenvalue weighted by molar-refractivity contribution is 0.647. The number of fused-ring (bicyclic) bond motifs is 1. The Morgan fingerprint density at radius 3 is 2.94 bits per heavy atom. The van der Waals surface area contributed by atoms with Crippen LogP contribution in [0.15, 0.2) is 47.7 Å². The van der Waals surface area contributed by atoms with Gasteiger partial charge < -0.3 is 0 Å². The van der Waals surface area contributed by atoms with Gasteiger partial charge in [-0.05, 0) is 23.8 Å². The first-order valence-corrected chi connectivity index (χ1v) is 5.66. The van der Waals surface area contributed by atoms with E-state index >= 15 is 0 Å². The van der Waals surface area contributed by atoms with Crippen LogP contribution < -0.4 is 5.69 Å². The molecule has 0 fully saturated rings. The molecule has 18 heavy (non-hydrogen) atoms. The zero-order valence-corrected chi connectivity index (χ0v) is 9.95. The van der Waals surface area contributed by atoms with E-state index in [2.05, 4.69) is 10.1 Å². The molecule has 0 radical (unpaired) electrons. The highest BCUT2D eigenvalue weighted by atomic mass is 16.2. The van der Waals surface area contributed by atoms with Gasteiger partial charge in [-0.3, -0.25) is 9.55 Å². The molecule has 5 nitrogen and oxygen atoms in total. The quantitative estimate of drug-likeness (QED) is 0.676. The van der Waals surface area contributed by atoms with Crippen molar-refractivity contribution in [1.82, 2.24) is 19.3 Å². The SMILES string of the molecule is Cn1cnn(Cc2ccc3ncccc3c2)c1=O. The van der Waals surface area contributed by atoms with Crippen molar-refractivity contribution >= 4 is 10.9 Å². The Kier molecular flexibility index (Phi) is 2.44. The van der Waals surface area contributed by atoms with E-state index in [0.717, 1.165) is 16.5 Å². The Labute approximate surface area is 103 Å². The highest BCUT2D eigenvalue weighted by Gasteiger charge is 2.03. The van der Waals surface area contributed by atoms with Crippen LogP contribution in [0.25, 0.3) is 10.9 Å². The molecule has 0 saturated heterocycles. The van der Waals surface area contributed by atoms with Gasteiger partial charge in [-0.25, -0.2) is 9.48 Å². The first-order valence-electron chi connectivity index (χ1n) is 5.66. The van der Waals surface area contributed by atoms with Crippen molar-refractivity contribution < 1.29 is 0 Å². The zero-order chi connectivity index (χ0) is 12.5. The van der Waals surface area contributed by atoms with Crippen LogP contribution in [0.1, 0.15) is 5.56 Å². The van der Waals surface area contributed by atoms with Crippen molar-refractivity contribution in [3.05, 3.63) is 58.9 Å². The first-order chi connectivity index (χ1) is 8.74. The molecule has 0 aliphatic carbocycles. The van der Waals surface area contributed by atoms with Crippen molar-refractivity contribution in [1.29, 1.82) is 0 Å². The number of aryl methyl sites for hydroxylation is 1. The van der Waals surface area contributed by atoms with E-state index in [1.807, 2.05) is 30.3 Å². The highest BCUT2D eigenvalue weighted by Crippen LogP contribution is 2.13. The third-order valence-corrected chi connectivity index (χ3v) is 2.89. The topological polar surface area (TPSA) is 52.7 Å². The number of aromatic nitrogens is 4. The molecule has 5 heteroatoms. The molecule has 0 amide bonds. The van der Waals surface area contributed by atoms with Crippen LogP contribution in [0.5, 0.6) is 0 Å². The predicted molar refractivity (Wildman–Crippen MR) is 68.3 cm³/mol. The minimum Gasteiger partial charge on any atom is -0.285 e. The summed E-state index contributed by atoms with van der Waals surface area (Å²) < 4.78 is 2.90. The van der Waals surface area contributed by atoms with Crippen LogP contribution in [0.4, 0.5) is 0 Å². The lowest BCUT2D eigenvalue weighted by Crippen LogP contribution is -2.23. The Morgan fingerprint density at radius 2 is 2.17 bits per heavy atom. The molecule has 2 aromatic heterocycles. The fourth-order valence-electron chi connectivity index (χ4n) is 1.93. The van der Waals surface area contributed by atoms with Crippen LogP contribution in [0.2, 0.25) is 0 Å². The van der Waals surface area contributed by atoms with Crippen LogP contribution in [0, 0.1) is 0 Å². The van der Waals surface area contributed by atoms with E-state index in [0.29, 0.717) is 6.54 Å². The van der Waals surface area contributed by atoms with Gasteiger partial charge in [0, 0.05) is 18.6 Å².